The van der Waals surface area contributed by atoms with Gasteiger partial charge in [0.1, 0.15) is 0 Å². The first kappa shape index (κ1) is 12.7. The summed E-state index contributed by atoms with van der Waals surface area (Å²) in [5.41, 5.74) is 3.10. The lowest BCUT2D eigenvalue weighted by Gasteiger charge is -2.14. The predicted molar refractivity (Wildman–Crippen MR) is 87.4 cm³/mol. The molecule has 0 aliphatic heterocycles. The molecule has 0 radical (unpaired) electrons. The normalized spacial score (nSPS) is 11.8. The molecule has 1 heteroatoms. The van der Waals surface area contributed by atoms with Crippen LogP contribution in [-0.2, 0) is 6.42 Å². The molecule has 1 aromatic heterocycles. The van der Waals surface area contributed by atoms with Crippen molar-refractivity contribution < 1.29 is 0 Å². The van der Waals surface area contributed by atoms with Crippen molar-refractivity contribution in [3.63, 3.8) is 0 Å². The van der Waals surface area contributed by atoms with Crippen LogP contribution in [0.25, 0.3) is 20.2 Å². The molecule has 0 saturated carbocycles. The molecule has 2 aromatic carbocycles. The third-order valence-electron chi connectivity index (χ3n) is 3.81. The van der Waals surface area contributed by atoms with Gasteiger partial charge in [-0.15, -0.1) is 11.3 Å². The quantitative estimate of drug-likeness (QED) is 0.536. The smallest absolute Gasteiger partial charge is 0.0358 e. The van der Waals surface area contributed by atoms with Crippen molar-refractivity contribution in [1.82, 2.24) is 0 Å². The first-order valence-corrected chi connectivity index (χ1v) is 7.97. The van der Waals surface area contributed by atoms with Crippen LogP contribution in [-0.4, -0.2) is 0 Å². The fraction of sp³-hybridized carbons (Fsp3) is 0.333. The van der Waals surface area contributed by atoms with Gasteiger partial charge in [0, 0.05) is 20.2 Å². The lowest BCUT2D eigenvalue weighted by Crippen LogP contribution is -1.96. The number of aryl methyl sites for hydroxylation is 1. The molecule has 0 N–H and O–H groups in total. The van der Waals surface area contributed by atoms with Crippen LogP contribution in [0.5, 0.6) is 0 Å². The summed E-state index contributed by atoms with van der Waals surface area (Å²) in [6.07, 6.45) is 2.40. The molecule has 3 aromatic rings. The summed E-state index contributed by atoms with van der Waals surface area (Å²) in [5.74, 6) is 0.601. The van der Waals surface area contributed by atoms with Gasteiger partial charge in [0.2, 0.25) is 0 Å². The Bertz CT molecular complexity index is 719. The number of fused-ring (bicyclic) bond motifs is 3. The second-order valence-corrected chi connectivity index (χ2v) is 6.59. The first-order valence-electron chi connectivity index (χ1n) is 7.15. The van der Waals surface area contributed by atoms with E-state index in [0.29, 0.717) is 5.92 Å². The van der Waals surface area contributed by atoms with Crippen molar-refractivity contribution in [1.29, 1.82) is 0 Å². The second kappa shape index (κ2) is 4.97. The Hall–Kier alpha value is -1.34. The molecule has 19 heavy (non-hydrogen) atoms. The van der Waals surface area contributed by atoms with Gasteiger partial charge in [-0.3, -0.25) is 0 Å². The number of hydrogen-bond acceptors (Lipinski definition) is 1. The zero-order chi connectivity index (χ0) is 13.4. The maximum atomic E-state index is 2.34. The van der Waals surface area contributed by atoms with Gasteiger partial charge < -0.3 is 0 Å². The minimum absolute atomic E-state index is 0.601. The number of benzene rings is 2. The van der Waals surface area contributed by atoms with Crippen molar-refractivity contribution in [2.24, 2.45) is 0 Å². The van der Waals surface area contributed by atoms with Gasteiger partial charge in [0.15, 0.2) is 0 Å². The molecule has 0 aliphatic carbocycles. The fourth-order valence-corrected chi connectivity index (χ4v) is 4.10. The van der Waals surface area contributed by atoms with Gasteiger partial charge in [-0.1, -0.05) is 51.5 Å². The van der Waals surface area contributed by atoms with Crippen molar-refractivity contribution >= 4 is 31.5 Å². The fourth-order valence-electron chi connectivity index (χ4n) is 2.96. The van der Waals surface area contributed by atoms with Crippen LogP contribution in [0.4, 0.5) is 0 Å². The summed E-state index contributed by atoms with van der Waals surface area (Å²) >= 11 is 1.92. The van der Waals surface area contributed by atoms with Crippen LogP contribution in [0, 0.1) is 0 Å². The molecule has 1 heterocycles. The van der Waals surface area contributed by atoms with Gasteiger partial charge in [0.05, 0.1) is 0 Å². The largest absolute Gasteiger partial charge is 0.135 e. The highest BCUT2D eigenvalue weighted by Gasteiger charge is 2.14. The summed E-state index contributed by atoms with van der Waals surface area (Å²) in [5, 5.41) is 2.95. The summed E-state index contributed by atoms with van der Waals surface area (Å²) in [6.45, 7) is 6.88. The molecule has 0 unspecified atom stereocenters. The molecule has 0 fully saturated rings. The Kier molecular flexibility index (Phi) is 3.32. The standard InChI is InChI=1S/C18H20S/c1-4-7-14-13(12(2)3)10-11-17-18(14)15-8-5-6-9-16(15)19-17/h5-6,8-12H,4,7H2,1-3H3. The Morgan fingerprint density at radius 1 is 1.00 bits per heavy atom. The molecule has 0 spiro atoms. The summed E-state index contributed by atoms with van der Waals surface area (Å²) in [6, 6.07) is 13.5. The van der Waals surface area contributed by atoms with Crippen LogP contribution < -0.4 is 0 Å². The predicted octanol–water partition coefficient (Wildman–Crippen LogP) is 6.13. The highest BCUT2D eigenvalue weighted by atomic mass is 32.1. The molecule has 98 valence electrons. The Morgan fingerprint density at radius 2 is 1.79 bits per heavy atom. The van der Waals surface area contributed by atoms with Gasteiger partial charge in [-0.25, -0.2) is 0 Å². The highest BCUT2D eigenvalue weighted by molar-refractivity contribution is 7.25. The van der Waals surface area contributed by atoms with Gasteiger partial charge in [-0.2, -0.15) is 0 Å². The minimum atomic E-state index is 0.601. The van der Waals surface area contributed by atoms with E-state index in [1.165, 1.54) is 38.6 Å². The van der Waals surface area contributed by atoms with Crippen LogP contribution >= 0.6 is 11.3 Å². The average Bonchev–Trinajstić information content (AvgIpc) is 2.77. The summed E-state index contributed by atoms with van der Waals surface area (Å²) < 4.78 is 2.85. The maximum Gasteiger partial charge on any atom is 0.0358 e. The molecular formula is C18H20S. The highest BCUT2D eigenvalue weighted by Crippen LogP contribution is 2.39. The summed E-state index contributed by atoms with van der Waals surface area (Å²) in [7, 11) is 0. The molecule has 0 saturated heterocycles. The van der Waals surface area contributed by atoms with E-state index in [2.05, 4.69) is 57.2 Å². The van der Waals surface area contributed by atoms with E-state index >= 15 is 0 Å². The van der Waals surface area contributed by atoms with Crippen molar-refractivity contribution in [3.8, 4) is 0 Å². The lowest BCUT2D eigenvalue weighted by molar-refractivity contribution is 0.827. The third-order valence-corrected chi connectivity index (χ3v) is 4.95. The number of thiophene rings is 1. The van der Waals surface area contributed by atoms with Crippen molar-refractivity contribution in [2.45, 2.75) is 39.5 Å². The Labute approximate surface area is 119 Å². The third kappa shape index (κ3) is 2.06. The molecule has 0 nitrogen and oxygen atoms in total. The molecular weight excluding hydrogens is 248 g/mol. The first-order chi connectivity index (χ1) is 9.22. The average molecular weight is 268 g/mol. The van der Waals surface area contributed by atoms with E-state index in [-0.39, 0.29) is 0 Å². The number of rotatable bonds is 3. The summed E-state index contributed by atoms with van der Waals surface area (Å²) in [4.78, 5) is 0. The lowest BCUT2D eigenvalue weighted by atomic mass is 9.91. The SMILES string of the molecule is CCCc1c(C(C)C)ccc2sc3ccccc3c12. The Balaban J connectivity index is 2.42. The van der Waals surface area contributed by atoms with E-state index in [9.17, 15) is 0 Å². The van der Waals surface area contributed by atoms with Crippen LogP contribution in [0.15, 0.2) is 36.4 Å². The molecule has 0 aliphatic rings. The van der Waals surface area contributed by atoms with E-state index in [4.69, 9.17) is 0 Å². The Morgan fingerprint density at radius 3 is 2.53 bits per heavy atom. The zero-order valence-electron chi connectivity index (χ0n) is 11.9. The van der Waals surface area contributed by atoms with Crippen molar-refractivity contribution in [3.05, 3.63) is 47.5 Å². The monoisotopic (exact) mass is 268 g/mol. The van der Waals surface area contributed by atoms with E-state index < -0.39 is 0 Å². The van der Waals surface area contributed by atoms with Gasteiger partial charge >= 0.3 is 0 Å². The van der Waals surface area contributed by atoms with Crippen LogP contribution in [0.3, 0.4) is 0 Å². The van der Waals surface area contributed by atoms with E-state index in [0.717, 1.165) is 0 Å². The van der Waals surface area contributed by atoms with Crippen molar-refractivity contribution in [2.75, 3.05) is 0 Å². The molecule has 3 rings (SSSR count). The topological polar surface area (TPSA) is 0 Å². The van der Waals surface area contributed by atoms with Crippen LogP contribution in [0.2, 0.25) is 0 Å². The zero-order valence-corrected chi connectivity index (χ0v) is 12.7. The molecule has 0 atom stereocenters. The van der Waals surface area contributed by atoms with E-state index in [1.54, 1.807) is 5.56 Å². The van der Waals surface area contributed by atoms with E-state index in [1.807, 2.05) is 11.3 Å². The maximum absolute atomic E-state index is 2.34. The minimum Gasteiger partial charge on any atom is -0.135 e. The van der Waals surface area contributed by atoms with Gasteiger partial charge in [0.25, 0.3) is 0 Å². The number of hydrogen-bond donors (Lipinski definition) is 0. The van der Waals surface area contributed by atoms with Crippen LogP contribution in [0.1, 0.15) is 44.2 Å². The second-order valence-electron chi connectivity index (χ2n) is 5.51. The molecule has 0 amide bonds. The van der Waals surface area contributed by atoms with Gasteiger partial charge in [-0.05, 0) is 35.6 Å². The molecule has 0 bridgehead atoms.